The SMILES string of the molecule is CN1CCN([C@H]2CCN(C(=O)c3ccc(Cl)c(F)c3)C[C@H]2CCCO)CC1. The highest BCUT2D eigenvalue weighted by Crippen LogP contribution is 2.28. The second-order valence-electron chi connectivity index (χ2n) is 7.70. The Morgan fingerprint density at radius 2 is 2.00 bits per heavy atom. The first-order chi connectivity index (χ1) is 13.0. The van der Waals surface area contributed by atoms with Gasteiger partial charge in [-0.15, -0.1) is 0 Å². The molecule has 1 aromatic rings. The molecule has 3 rings (SSSR count). The van der Waals surface area contributed by atoms with E-state index in [0.717, 1.165) is 45.4 Å². The fourth-order valence-electron chi connectivity index (χ4n) is 4.29. The number of carbonyl (C=O) groups is 1. The Morgan fingerprint density at radius 3 is 2.67 bits per heavy atom. The largest absolute Gasteiger partial charge is 0.396 e. The maximum Gasteiger partial charge on any atom is 0.253 e. The minimum Gasteiger partial charge on any atom is -0.396 e. The number of aliphatic hydroxyl groups excluding tert-OH is 1. The molecule has 2 aliphatic rings. The number of benzene rings is 1. The van der Waals surface area contributed by atoms with Crippen LogP contribution in [0.1, 0.15) is 29.6 Å². The van der Waals surface area contributed by atoms with Crippen LogP contribution >= 0.6 is 11.6 Å². The lowest BCUT2D eigenvalue weighted by molar-refractivity contribution is 0.0217. The number of hydrogen-bond acceptors (Lipinski definition) is 4. The van der Waals surface area contributed by atoms with E-state index in [0.29, 0.717) is 30.6 Å². The molecular weight excluding hydrogens is 369 g/mol. The van der Waals surface area contributed by atoms with Crippen molar-refractivity contribution in [3.8, 4) is 0 Å². The minimum absolute atomic E-state index is 0.0288. The third kappa shape index (κ3) is 4.99. The van der Waals surface area contributed by atoms with Gasteiger partial charge in [-0.25, -0.2) is 4.39 Å². The van der Waals surface area contributed by atoms with E-state index in [2.05, 4.69) is 16.8 Å². The van der Waals surface area contributed by atoms with E-state index in [4.69, 9.17) is 11.6 Å². The quantitative estimate of drug-likeness (QED) is 0.828. The number of halogens is 2. The van der Waals surface area contributed by atoms with Crippen molar-refractivity contribution in [3.05, 3.63) is 34.6 Å². The Balaban J connectivity index is 1.69. The van der Waals surface area contributed by atoms with Crippen molar-refractivity contribution in [2.24, 2.45) is 5.92 Å². The number of aliphatic hydroxyl groups is 1. The Kier molecular flexibility index (Phi) is 7.09. The van der Waals surface area contributed by atoms with E-state index in [1.807, 2.05) is 4.90 Å². The first-order valence-corrected chi connectivity index (χ1v) is 10.1. The predicted molar refractivity (Wildman–Crippen MR) is 105 cm³/mol. The molecule has 0 aliphatic carbocycles. The van der Waals surface area contributed by atoms with Gasteiger partial charge in [-0.2, -0.15) is 0 Å². The highest BCUT2D eigenvalue weighted by atomic mass is 35.5. The minimum atomic E-state index is -0.563. The molecule has 7 heteroatoms. The maximum atomic E-state index is 13.7. The zero-order valence-electron chi connectivity index (χ0n) is 15.9. The Labute approximate surface area is 165 Å². The highest BCUT2D eigenvalue weighted by Gasteiger charge is 2.35. The number of likely N-dealkylation sites (tertiary alicyclic amines) is 1. The molecule has 2 fully saturated rings. The van der Waals surface area contributed by atoms with Gasteiger partial charge >= 0.3 is 0 Å². The first-order valence-electron chi connectivity index (χ1n) is 9.77. The van der Waals surface area contributed by atoms with E-state index < -0.39 is 5.82 Å². The van der Waals surface area contributed by atoms with Gasteiger partial charge in [-0.1, -0.05) is 11.6 Å². The maximum absolute atomic E-state index is 13.7. The number of piperidine rings is 1. The zero-order valence-corrected chi connectivity index (χ0v) is 16.7. The van der Waals surface area contributed by atoms with Crippen LogP contribution in [0.2, 0.25) is 5.02 Å². The summed E-state index contributed by atoms with van der Waals surface area (Å²) in [4.78, 5) is 19.6. The predicted octanol–water partition coefficient (Wildman–Crippen LogP) is 2.33. The van der Waals surface area contributed by atoms with Gasteiger partial charge in [0.05, 0.1) is 5.02 Å². The van der Waals surface area contributed by atoms with Crippen LogP contribution in [0.25, 0.3) is 0 Å². The highest BCUT2D eigenvalue weighted by molar-refractivity contribution is 6.30. The van der Waals surface area contributed by atoms with Crippen molar-refractivity contribution in [2.75, 3.05) is 52.9 Å². The standard InChI is InChI=1S/C20H29ClFN3O2/c1-23-8-10-24(11-9-23)19-6-7-25(14-16(19)3-2-12-26)20(27)15-4-5-17(21)18(22)13-15/h4-5,13,16,19,26H,2-3,6-12,14H2,1H3/t16-,19+/m1/s1. The van der Waals surface area contributed by atoms with E-state index >= 15 is 0 Å². The smallest absolute Gasteiger partial charge is 0.253 e. The van der Waals surface area contributed by atoms with E-state index in [-0.39, 0.29) is 17.5 Å². The van der Waals surface area contributed by atoms with Crippen LogP contribution in [-0.2, 0) is 0 Å². The molecule has 2 saturated heterocycles. The van der Waals surface area contributed by atoms with Crippen molar-refractivity contribution >= 4 is 17.5 Å². The van der Waals surface area contributed by atoms with E-state index in [1.54, 1.807) is 6.07 Å². The molecule has 2 heterocycles. The number of carbonyl (C=O) groups excluding carboxylic acids is 1. The third-order valence-electron chi connectivity index (χ3n) is 5.89. The molecule has 5 nitrogen and oxygen atoms in total. The van der Waals surface area contributed by atoms with Crippen LogP contribution < -0.4 is 0 Å². The summed E-state index contributed by atoms with van der Waals surface area (Å²) < 4.78 is 13.7. The summed E-state index contributed by atoms with van der Waals surface area (Å²) in [7, 11) is 2.15. The summed E-state index contributed by atoms with van der Waals surface area (Å²) in [6, 6.07) is 4.68. The average Bonchev–Trinajstić information content (AvgIpc) is 2.68. The molecule has 0 bridgehead atoms. The summed E-state index contributed by atoms with van der Waals surface area (Å²) in [6.07, 6.45) is 2.56. The lowest BCUT2D eigenvalue weighted by Crippen LogP contribution is -2.56. The number of likely N-dealkylation sites (N-methyl/N-ethyl adjacent to an activating group) is 1. The van der Waals surface area contributed by atoms with Gasteiger partial charge in [0, 0.05) is 57.5 Å². The monoisotopic (exact) mass is 397 g/mol. The van der Waals surface area contributed by atoms with E-state index in [9.17, 15) is 14.3 Å². The van der Waals surface area contributed by atoms with Gasteiger partial charge in [0.25, 0.3) is 5.91 Å². The molecule has 0 saturated carbocycles. The molecule has 1 amide bonds. The number of hydrogen-bond donors (Lipinski definition) is 1. The van der Waals surface area contributed by atoms with Crippen molar-refractivity contribution in [2.45, 2.75) is 25.3 Å². The number of amides is 1. The second-order valence-corrected chi connectivity index (χ2v) is 8.11. The van der Waals surface area contributed by atoms with Gasteiger partial charge in [0.15, 0.2) is 0 Å². The molecular formula is C20H29ClFN3O2. The van der Waals surface area contributed by atoms with Gasteiger partial charge in [0.1, 0.15) is 5.82 Å². The van der Waals surface area contributed by atoms with Crippen LogP contribution in [0.4, 0.5) is 4.39 Å². The van der Waals surface area contributed by atoms with Crippen molar-refractivity contribution in [1.82, 2.24) is 14.7 Å². The molecule has 0 unspecified atom stereocenters. The fraction of sp³-hybridized carbons (Fsp3) is 0.650. The van der Waals surface area contributed by atoms with E-state index in [1.165, 1.54) is 12.1 Å². The molecule has 0 aromatic heterocycles. The van der Waals surface area contributed by atoms with Gasteiger partial charge in [-0.05, 0) is 50.4 Å². The Morgan fingerprint density at radius 1 is 1.26 bits per heavy atom. The first kappa shape index (κ1) is 20.5. The normalized spacial score (nSPS) is 25.0. The van der Waals surface area contributed by atoms with Crippen LogP contribution in [-0.4, -0.2) is 84.7 Å². The lowest BCUT2D eigenvalue weighted by Gasteiger charge is -2.46. The molecule has 150 valence electrons. The fourth-order valence-corrected chi connectivity index (χ4v) is 4.41. The summed E-state index contributed by atoms with van der Waals surface area (Å²) in [6.45, 7) is 5.73. The average molecular weight is 398 g/mol. The van der Waals surface area contributed by atoms with Crippen molar-refractivity contribution in [1.29, 1.82) is 0 Å². The molecule has 1 N–H and O–H groups in total. The lowest BCUT2D eigenvalue weighted by atomic mass is 9.86. The summed E-state index contributed by atoms with van der Waals surface area (Å²) >= 11 is 5.73. The van der Waals surface area contributed by atoms with Crippen molar-refractivity contribution in [3.63, 3.8) is 0 Å². The number of rotatable bonds is 5. The summed E-state index contributed by atoms with van der Waals surface area (Å²) in [5.74, 6) is -0.376. The Bertz CT molecular complexity index is 652. The molecule has 27 heavy (non-hydrogen) atoms. The van der Waals surface area contributed by atoms with Gasteiger partial charge < -0.3 is 14.9 Å². The topological polar surface area (TPSA) is 47.0 Å². The summed E-state index contributed by atoms with van der Waals surface area (Å²) in [5, 5.41) is 9.31. The van der Waals surface area contributed by atoms with Crippen LogP contribution in [0.15, 0.2) is 18.2 Å². The summed E-state index contributed by atoms with van der Waals surface area (Å²) in [5.41, 5.74) is 0.343. The molecule has 2 aliphatic heterocycles. The molecule has 1 aromatic carbocycles. The second kappa shape index (κ2) is 9.32. The number of piperazine rings is 1. The van der Waals surface area contributed by atoms with Crippen LogP contribution in [0, 0.1) is 11.7 Å². The van der Waals surface area contributed by atoms with Gasteiger partial charge in [0.2, 0.25) is 0 Å². The molecule has 2 atom stereocenters. The Hall–Kier alpha value is -1.21. The van der Waals surface area contributed by atoms with Crippen LogP contribution in [0.3, 0.4) is 0 Å². The molecule has 0 radical (unpaired) electrons. The molecule has 0 spiro atoms. The number of nitrogens with zero attached hydrogens (tertiary/aromatic N) is 3. The third-order valence-corrected chi connectivity index (χ3v) is 6.19. The van der Waals surface area contributed by atoms with Crippen LogP contribution in [0.5, 0.6) is 0 Å². The van der Waals surface area contributed by atoms with Gasteiger partial charge in [-0.3, -0.25) is 9.69 Å². The zero-order chi connectivity index (χ0) is 19.4. The van der Waals surface area contributed by atoms with Crippen molar-refractivity contribution < 1.29 is 14.3 Å².